The molecule has 0 radical (unpaired) electrons. The van der Waals surface area contributed by atoms with Crippen molar-refractivity contribution in [2.45, 2.75) is 6.92 Å². The highest BCUT2D eigenvalue weighted by atomic mass is 32.1. The van der Waals surface area contributed by atoms with Crippen LogP contribution in [0.25, 0.3) is 11.1 Å². The Morgan fingerprint density at radius 3 is 2.31 bits per heavy atom. The minimum atomic E-state index is 0.815. The van der Waals surface area contributed by atoms with Crippen LogP contribution in [-0.2, 0) is 0 Å². The summed E-state index contributed by atoms with van der Waals surface area (Å²) in [5.74, 6) is 0. The fraction of sp³-hybridized carbons (Fsp3) is 0.0909. The first-order chi connectivity index (χ1) is 6.25. The summed E-state index contributed by atoms with van der Waals surface area (Å²) in [5.41, 5.74) is 8.94. The smallest absolute Gasteiger partial charge is 0.0314 e. The number of hydrogen-bond donors (Lipinski definition) is 1. The fourth-order valence-corrected chi connectivity index (χ4v) is 1.98. The number of thiophene rings is 1. The number of rotatable bonds is 1. The topological polar surface area (TPSA) is 26.0 Å². The molecule has 13 heavy (non-hydrogen) atoms. The lowest BCUT2D eigenvalue weighted by Gasteiger charge is -1.97. The molecule has 2 N–H and O–H groups in total. The van der Waals surface area contributed by atoms with Crippen molar-refractivity contribution in [1.82, 2.24) is 0 Å². The maximum absolute atomic E-state index is 5.61. The van der Waals surface area contributed by atoms with Crippen molar-refractivity contribution >= 4 is 17.0 Å². The van der Waals surface area contributed by atoms with Crippen molar-refractivity contribution in [3.63, 3.8) is 0 Å². The third kappa shape index (κ3) is 1.73. The van der Waals surface area contributed by atoms with E-state index in [4.69, 9.17) is 5.73 Å². The minimum Gasteiger partial charge on any atom is -0.399 e. The first kappa shape index (κ1) is 8.32. The van der Waals surface area contributed by atoms with Crippen LogP contribution in [0.4, 0.5) is 5.69 Å². The van der Waals surface area contributed by atoms with Gasteiger partial charge >= 0.3 is 0 Å². The van der Waals surface area contributed by atoms with E-state index in [1.807, 2.05) is 12.1 Å². The van der Waals surface area contributed by atoms with E-state index in [1.165, 1.54) is 16.0 Å². The third-order valence-corrected chi connectivity index (χ3v) is 2.84. The zero-order valence-corrected chi connectivity index (χ0v) is 8.27. The van der Waals surface area contributed by atoms with Crippen LogP contribution >= 0.6 is 11.3 Å². The molecule has 0 fully saturated rings. The first-order valence-corrected chi connectivity index (χ1v) is 5.05. The van der Waals surface area contributed by atoms with Crippen LogP contribution < -0.4 is 5.73 Å². The Bertz CT molecular complexity index is 400. The molecule has 0 unspecified atom stereocenters. The average molecular weight is 189 g/mol. The second kappa shape index (κ2) is 3.23. The maximum Gasteiger partial charge on any atom is 0.0314 e. The van der Waals surface area contributed by atoms with Gasteiger partial charge < -0.3 is 5.73 Å². The van der Waals surface area contributed by atoms with Crippen molar-refractivity contribution < 1.29 is 0 Å². The molecule has 2 rings (SSSR count). The predicted octanol–water partition coefficient (Wildman–Crippen LogP) is 3.31. The summed E-state index contributed by atoms with van der Waals surface area (Å²) in [6.07, 6.45) is 0. The molecule has 0 bridgehead atoms. The van der Waals surface area contributed by atoms with Crippen LogP contribution in [0.1, 0.15) is 4.88 Å². The quantitative estimate of drug-likeness (QED) is 0.684. The van der Waals surface area contributed by atoms with Crippen LogP contribution in [0.3, 0.4) is 0 Å². The van der Waals surface area contributed by atoms with Crippen LogP contribution in [0.2, 0.25) is 0 Å². The van der Waals surface area contributed by atoms with Gasteiger partial charge in [0.05, 0.1) is 0 Å². The Hall–Kier alpha value is -1.28. The van der Waals surface area contributed by atoms with E-state index in [0.29, 0.717) is 0 Å². The molecule has 0 aliphatic rings. The SMILES string of the molecule is Cc1cc(-c2ccc(N)cc2)cs1. The van der Waals surface area contributed by atoms with Crippen LogP contribution in [-0.4, -0.2) is 0 Å². The monoisotopic (exact) mass is 189 g/mol. The predicted molar refractivity (Wildman–Crippen MR) is 58.9 cm³/mol. The highest BCUT2D eigenvalue weighted by molar-refractivity contribution is 7.10. The lowest BCUT2D eigenvalue weighted by atomic mass is 10.1. The van der Waals surface area contributed by atoms with Crippen LogP contribution in [0.5, 0.6) is 0 Å². The molecular formula is C11H11NS. The van der Waals surface area contributed by atoms with Gasteiger partial charge in [-0.25, -0.2) is 0 Å². The summed E-state index contributed by atoms with van der Waals surface area (Å²) >= 11 is 1.77. The van der Waals surface area contributed by atoms with E-state index < -0.39 is 0 Å². The van der Waals surface area contributed by atoms with Gasteiger partial charge in [-0.3, -0.25) is 0 Å². The van der Waals surface area contributed by atoms with Gasteiger partial charge in [0.1, 0.15) is 0 Å². The number of anilines is 1. The molecule has 0 amide bonds. The highest BCUT2D eigenvalue weighted by Gasteiger charge is 1.98. The molecule has 1 aromatic heterocycles. The van der Waals surface area contributed by atoms with E-state index >= 15 is 0 Å². The largest absolute Gasteiger partial charge is 0.399 e. The molecule has 0 spiro atoms. The summed E-state index contributed by atoms with van der Waals surface area (Å²) in [5, 5.41) is 2.17. The van der Waals surface area contributed by atoms with E-state index in [2.05, 4.69) is 30.5 Å². The Kier molecular flexibility index (Phi) is 2.07. The highest BCUT2D eigenvalue weighted by Crippen LogP contribution is 2.25. The minimum absolute atomic E-state index is 0.815. The van der Waals surface area contributed by atoms with E-state index in [-0.39, 0.29) is 0 Å². The lowest BCUT2D eigenvalue weighted by molar-refractivity contribution is 1.61. The molecule has 1 nitrogen and oxygen atoms in total. The number of benzene rings is 1. The summed E-state index contributed by atoms with van der Waals surface area (Å²) in [6.45, 7) is 2.12. The molecule has 0 atom stereocenters. The van der Waals surface area contributed by atoms with E-state index in [0.717, 1.165) is 5.69 Å². The van der Waals surface area contributed by atoms with Crippen molar-refractivity contribution in [1.29, 1.82) is 0 Å². The Morgan fingerprint density at radius 2 is 1.77 bits per heavy atom. The summed E-state index contributed by atoms with van der Waals surface area (Å²) in [6, 6.07) is 10.2. The van der Waals surface area contributed by atoms with Crippen LogP contribution in [0, 0.1) is 6.92 Å². The standard InChI is InChI=1S/C11H11NS/c1-8-6-10(7-13-8)9-2-4-11(12)5-3-9/h2-7H,12H2,1H3. The summed E-state index contributed by atoms with van der Waals surface area (Å²) in [4.78, 5) is 1.34. The zero-order chi connectivity index (χ0) is 9.26. The second-order valence-electron chi connectivity index (χ2n) is 3.07. The normalized spacial score (nSPS) is 10.2. The summed E-state index contributed by atoms with van der Waals surface area (Å²) in [7, 11) is 0. The first-order valence-electron chi connectivity index (χ1n) is 4.17. The Balaban J connectivity index is 2.41. The number of hydrogen-bond acceptors (Lipinski definition) is 2. The maximum atomic E-state index is 5.61. The third-order valence-electron chi connectivity index (χ3n) is 1.97. The average Bonchev–Trinajstić information content (AvgIpc) is 2.53. The Morgan fingerprint density at radius 1 is 1.08 bits per heavy atom. The molecular weight excluding hydrogens is 178 g/mol. The van der Waals surface area contributed by atoms with E-state index in [1.54, 1.807) is 11.3 Å². The molecule has 1 aromatic carbocycles. The Labute approximate surface area is 81.8 Å². The van der Waals surface area contributed by atoms with Gasteiger partial charge in [0, 0.05) is 10.6 Å². The molecule has 1 heterocycles. The molecule has 2 heteroatoms. The number of nitrogen functional groups attached to an aromatic ring is 1. The molecule has 0 saturated heterocycles. The molecule has 0 aliphatic carbocycles. The fourth-order valence-electron chi connectivity index (χ4n) is 1.27. The van der Waals surface area contributed by atoms with Gasteiger partial charge in [0.25, 0.3) is 0 Å². The zero-order valence-electron chi connectivity index (χ0n) is 7.45. The number of aryl methyl sites for hydroxylation is 1. The van der Waals surface area contributed by atoms with Crippen molar-refractivity contribution in [2.75, 3.05) is 5.73 Å². The lowest BCUT2D eigenvalue weighted by Crippen LogP contribution is -1.82. The number of nitrogens with two attached hydrogens (primary N) is 1. The molecule has 2 aromatic rings. The van der Waals surface area contributed by atoms with Crippen LogP contribution in [0.15, 0.2) is 35.7 Å². The van der Waals surface area contributed by atoms with Crippen molar-refractivity contribution in [3.05, 3.63) is 40.6 Å². The van der Waals surface area contributed by atoms with Gasteiger partial charge in [0.15, 0.2) is 0 Å². The van der Waals surface area contributed by atoms with Gasteiger partial charge in [-0.05, 0) is 41.6 Å². The van der Waals surface area contributed by atoms with Gasteiger partial charge in [-0.15, -0.1) is 11.3 Å². The molecule has 0 saturated carbocycles. The second-order valence-corrected chi connectivity index (χ2v) is 4.18. The van der Waals surface area contributed by atoms with Crippen molar-refractivity contribution in [3.8, 4) is 11.1 Å². The van der Waals surface area contributed by atoms with Crippen molar-refractivity contribution in [2.24, 2.45) is 0 Å². The van der Waals surface area contributed by atoms with Gasteiger partial charge in [0.2, 0.25) is 0 Å². The van der Waals surface area contributed by atoms with Gasteiger partial charge in [-0.1, -0.05) is 12.1 Å². The summed E-state index contributed by atoms with van der Waals surface area (Å²) < 4.78 is 0. The van der Waals surface area contributed by atoms with E-state index in [9.17, 15) is 0 Å². The molecule has 0 aliphatic heterocycles. The van der Waals surface area contributed by atoms with Gasteiger partial charge in [-0.2, -0.15) is 0 Å². The molecule has 66 valence electrons.